The summed E-state index contributed by atoms with van der Waals surface area (Å²) in [6, 6.07) is 23.9. The molecule has 4 aromatic rings. The summed E-state index contributed by atoms with van der Waals surface area (Å²) in [7, 11) is 0. The molecular formula is C24H22N2OS. The number of aromatic nitrogens is 2. The van der Waals surface area contributed by atoms with E-state index in [0.717, 1.165) is 38.5 Å². The van der Waals surface area contributed by atoms with Gasteiger partial charge >= 0.3 is 0 Å². The molecular weight excluding hydrogens is 364 g/mol. The molecule has 2 heterocycles. The lowest BCUT2D eigenvalue weighted by molar-refractivity contribution is 0.103. The molecule has 0 aliphatic rings. The number of thioether (sulfide) groups is 1. The highest BCUT2D eigenvalue weighted by Gasteiger charge is 2.23. The molecule has 1 atom stereocenters. The Labute approximate surface area is 169 Å². The van der Waals surface area contributed by atoms with Gasteiger partial charge < -0.3 is 4.57 Å². The molecule has 0 amide bonds. The van der Waals surface area contributed by atoms with Gasteiger partial charge in [-0.15, -0.1) is 11.8 Å². The van der Waals surface area contributed by atoms with E-state index in [1.165, 1.54) is 0 Å². The zero-order chi connectivity index (χ0) is 19.5. The van der Waals surface area contributed by atoms with Gasteiger partial charge in [0.2, 0.25) is 0 Å². The molecule has 0 aliphatic carbocycles. The number of carbonyl (C=O) groups excluding carboxylic acids is 1. The Hall–Kier alpha value is -2.85. The maximum atomic E-state index is 13.3. The first-order valence-electron chi connectivity index (χ1n) is 9.40. The van der Waals surface area contributed by atoms with Crippen molar-refractivity contribution in [3.63, 3.8) is 0 Å². The maximum absolute atomic E-state index is 13.3. The van der Waals surface area contributed by atoms with Crippen LogP contribution < -0.4 is 0 Å². The molecule has 0 aliphatic heterocycles. The monoisotopic (exact) mass is 386 g/mol. The normalized spacial score (nSPS) is 12.2. The fourth-order valence-electron chi connectivity index (χ4n) is 3.69. The van der Waals surface area contributed by atoms with E-state index >= 15 is 0 Å². The van der Waals surface area contributed by atoms with Gasteiger partial charge in [0.15, 0.2) is 5.78 Å². The number of nitrogens with zero attached hydrogens (tertiary/aromatic N) is 2. The lowest BCUT2D eigenvalue weighted by atomic mass is 10.0. The SMILES string of the molecule is Cc1c(C(=O)c2ccccc2)c2ccccc2n1C(C)CSc1ccccn1. The Bertz CT molecular complexity index is 1100. The zero-order valence-corrected chi connectivity index (χ0v) is 16.8. The predicted molar refractivity (Wildman–Crippen MR) is 116 cm³/mol. The summed E-state index contributed by atoms with van der Waals surface area (Å²) in [6.07, 6.45) is 1.82. The van der Waals surface area contributed by atoms with Crippen molar-refractivity contribution in [2.45, 2.75) is 24.9 Å². The van der Waals surface area contributed by atoms with Crippen LogP contribution in [0, 0.1) is 6.92 Å². The van der Waals surface area contributed by atoms with E-state index in [2.05, 4.69) is 29.5 Å². The number of hydrogen-bond acceptors (Lipinski definition) is 3. The molecule has 0 bridgehead atoms. The molecule has 2 aromatic heterocycles. The summed E-state index contributed by atoms with van der Waals surface area (Å²) in [6.45, 7) is 4.25. The minimum Gasteiger partial charge on any atom is -0.340 e. The molecule has 0 saturated heterocycles. The number of carbonyl (C=O) groups is 1. The average molecular weight is 387 g/mol. The number of fused-ring (bicyclic) bond motifs is 1. The van der Waals surface area contributed by atoms with Crippen LogP contribution in [0.25, 0.3) is 10.9 Å². The smallest absolute Gasteiger partial charge is 0.195 e. The molecule has 0 spiro atoms. The second-order valence-corrected chi connectivity index (χ2v) is 7.91. The topological polar surface area (TPSA) is 34.9 Å². The van der Waals surface area contributed by atoms with E-state index in [4.69, 9.17) is 0 Å². The van der Waals surface area contributed by atoms with E-state index in [0.29, 0.717) is 0 Å². The third-order valence-corrected chi connectivity index (χ3v) is 6.16. The summed E-state index contributed by atoms with van der Waals surface area (Å²) >= 11 is 1.74. The van der Waals surface area contributed by atoms with E-state index in [1.807, 2.05) is 72.9 Å². The molecule has 3 nitrogen and oxygen atoms in total. The molecule has 0 radical (unpaired) electrons. The van der Waals surface area contributed by atoms with Crippen LogP contribution >= 0.6 is 11.8 Å². The quantitative estimate of drug-likeness (QED) is 0.304. The number of hydrogen-bond donors (Lipinski definition) is 0. The summed E-state index contributed by atoms with van der Waals surface area (Å²) in [5.41, 5.74) is 3.65. The first-order chi connectivity index (χ1) is 13.7. The molecule has 140 valence electrons. The van der Waals surface area contributed by atoms with Crippen molar-refractivity contribution < 1.29 is 4.79 Å². The van der Waals surface area contributed by atoms with Gasteiger partial charge in [0.1, 0.15) is 0 Å². The number of benzene rings is 2. The molecule has 0 saturated carbocycles. The number of ketones is 1. The van der Waals surface area contributed by atoms with Gasteiger partial charge in [-0.1, -0.05) is 54.6 Å². The second kappa shape index (κ2) is 8.03. The van der Waals surface area contributed by atoms with Crippen molar-refractivity contribution >= 4 is 28.4 Å². The zero-order valence-electron chi connectivity index (χ0n) is 16.0. The van der Waals surface area contributed by atoms with Gasteiger partial charge in [-0.25, -0.2) is 4.98 Å². The Morgan fingerprint density at radius 3 is 2.46 bits per heavy atom. The van der Waals surface area contributed by atoms with Crippen LogP contribution in [0.15, 0.2) is 84.0 Å². The van der Waals surface area contributed by atoms with Gasteiger partial charge in [0.05, 0.1) is 10.6 Å². The molecule has 4 rings (SSSR count). The summed E-state index contributed by atoms with van der Waals surface area (Å²) in [5, 5.41) is 2.03. The van der Waals surface area contributed by atoms with Gasteiger partial charge in [-0.3, -0.25) is 4.79 Å². The first-order valence-corrected chi connectivity index (χ1v) is 10.4. The van der Waals surface area contributed by atoms with E-state index in [-0.39, 0.29) is 11.8 Å². The Kier molecular flexibility index (Phi) is 5.31. The largest absolute Gasteiger partial charge is 0.340 e. The van der Waals surface area contributed by atoms with E-state index in [1.54, 1.807) is 11.8 Å². The third-order valence-electron chi connectivity index (χ3n) is 4.97. The van der Waals surface area contributed by atoms with E-state index in [9.17, 15) is 4.79 Å². The number of rotatable bonds is 6. The van der Waals surface area contributed by atoms with Crippen LogP contribution in [0.1, 0.15) is 34.6 Å². The van der Waals surface area contributed by atoms with E-state index < -0.39 is 0 Å². The summed E-state index contributed by atoms with van der Waals surface area (Å²) in [5.74, 6) is 0.966. The van der Waals surface area contributed by atoms with Crippen LogP contribution in [-0.2, 0) is 0 Å². The van der Waals surface area contributed by atoms with Gasteiger partial charge in [0.25, 0.3) is 0 Å². The molecule has 28 heavy (non-hydrogen) atoms. The van der Waals surface area contributed by atoms with Crippen LogP contribution in [0.3, 0.4) is 0 Å². The number of pyridine rings is 1. The van der Waals surface area contributed by atoms with Crippen LogP contribution in [0.4, 0.5) is 0 Å². The van der Waals surface area contributed by atoms with Crippen LogP contribution in [-0.4, -0.2) is 21.1 Å². The lowest BCUT2D eigenvalue weighted by Crippen LogP contribution is -2.11. The van der Waals surface area contributed by atoms with Crippen molar-refractivity contribution in [2.75, 3.05) is 5.75 Å². The molecule has 1 unspecified atom stereocenters. The van der Waals surface area contributed by atoms with Crippen LogP contribution in [0.5, 0.6) is 0 Å². The fraction of sp³-hybridized carbons (Fsp3) is 0.167. The van der Waals surface area contributed by atoms with Crippen molar-refractivity contribution in [3.8, 4) is 0 Å². The number of para-hydroxylation sites is 1. The second-order valence-electron chi connectivity index (χ2n) is 6.87. The van der Waals surface area contributed by atoms with Gasteiger partial charge in [0, 0.05) is 40.2 Å². The Morgan fingerprint density at radius 1 is 1.00 bits per heavy atom. The minimum atomic E-state index is 0.0811. The molecule has 0 fully saturated rings. The molecule has 2 aromatic carbocycles. The highest BCUT2D eigenvalue weighted by Crippen LogP contribution is 2.32. The Balaban J connectivity index is 1.73. The average Bonchev–Trinajstić information content (AvgIpc) is 3.04. The highest BCUT2D eigenvalue weighted by molar-refractivity contribution is 7.99. The summed E-state index contributed by atoms with van der Waals surface area (Å²) < 4.78 is 2.29. The minimum absolute atomic E-state index is 0.0811. The third kappa shape index (κ3) is 3.48. The predicted octanol–water partition coefficient (Wildman–Crippen LogP) is 5.93. The lowest BCUT2D eigenvalue weighted by Gasteiger charge is -2.17. The first kappa shape index (κ1) is 18.5. The Morgan fingerprint density at radius 2 is 1.71 bits per heavy atom. The standard InChI is InChI=1S/C24H22N2OS/c1-17(16-28-22-14-8-9-15-25-22)26-18(2)23(20-12-6-7-13-21(20)26)24(27)19-10-4-3-5-11-19/h3-15,17H,16H2,1-2H3. The molecule has 0 N–H and O–H groups in total. The van der Waals surface area contributed by atoms with Crippen molar-refractivity contribution in [1.82, 2.24) is 9.55 Å². The van der Waals surface area contributed by atoms with Gasteiger partial charge in [-0.05, 0) is 32.0 Å². The maximum Gasteiger partial charge on any atom is 0.195 e. The summed E-state index contributed by atoms with van der Waals surface area (Å²) in [4.78, 5) is 17.7. The fourth-order valence-corrected chi connectivity index (χ4v) is 4.56. The van der Waals surface area contributed by atoms with Crippen molar-refractivity contribution in [3.05, 3.63) is 95.8 Å². The highest BCUT2D eigenvalue weighted by atomic mass is 32.2. The molecule has 4 heteroatoms. The van der Waals surface area contributed by atoms with Crippen LogP contribution in [0.2, 0.25) is 0 Å². The van der Waals surface area contributed by atoms with Crippen molar-refractivity contribution in [2.24, 2.45) is 0 Å². The van der Waals surface area contributed by atoms with Crippen molar-refractivity contribution in [1.29, 1.82) is 0 Å². The van der Waals surface area contributed by atoms with Gasteiger partial charge in [-0.2, -0.15) is 0 Å².